The largest absolute Gasteiger partial charge is 0.373 e. The van der Waals surface area contributed by atoms with E-state index in [4.69, 9.17) is 32.8 Å². The third-order valence-corrected chi connectivity index (χ3v) is 7.34. The van der Waals surface area contributed by atoms with Crippen molar-refractivity contribution in [2.75, 3.05) is 0 Å². The van der Waals surface area contributed by atoms with E-state index in [1.807, 2.05) is 30.3 Å². The summed E-state index contributed by atoms with van der Waals surface area (Å²) in [7, 11) is 0. The Labute approximate surface area is 237 Å². The van der Waals surface area contributed by atoms with Crippen LogP contribution in [0.5, 0.6) is 0 Å². The summed E-state index contributed by atoms with van der Waals surface area (Å²) in [6.45, 7) is 5.36. The Bertz CT molecular complexity index is 1650. The highest BCUT2D eigenvalue weighted by Gasteiger charge is 2.15. The smallest absolute Gasteiger partial charge is 0.348 e. The van der Waals surface area contributed by atoms with Gasteiger partial charge in [-0.1, -0.05) is 83.9 Å². The molecule has 196 valence electrons. The Morgan fingerprint density at radius 1 is 0.846 bits per heavy atom. The Hall–Kier alpha value is -4.15. The molecule has 1 aromatic heterocycles. The van der Waals surface area contributed by atoms with Crippen LogP contribution < -0.4 is 5.32 Å². The van der Waals surface area contributed by atoms with Crippen LogP contribution in [0.4, 0.5) is 0 Å². The molecule has 5 nitrogen and oxygen atoms in total. The van der Waals surface area contributed by atoms with Crippen LogP contribution in [0.2, 0.25) is 10.0 Å². The summed E-state index contributed by atoms with van der Waals surface area (Å²) < 4.78 is 2.32. The third-order valence-electron chi connectivity index (χ3n) is 6.76. The predicted molar refractivity (Wildman–Crippen MR) is 155 cm³/mol. The van der Waals surface area contributed by atoms with Crippen molar-refractivity contribution in [1.82, 2.24) is 9.88 Å². The number of halogens is 2. The SMILES string of the molecule is Cc1c(C)n(Cc2ccc(-c3ccccc3)cc2)c2ccc(C(=O)NCc3ccc(Cl)cc3Cl)cc12.O=C=O. The van der Waals surface area contributed by atoms with Gasteiger partial charge in [0.15, 0.2) is 0 Å². The number of rotatable bonds is 6. The first-order valence-corrected chi connectivity index (χ1v) is 13.0. The zero-order valence-electron chi connectivity index (χ0n) is 21.5. The molecule has 0 bridgehead atoms. The maximum absolute atomic E-state index is 12.9. The number of benzene rings is 4. The van der Waals surface area contributed by atoms with Crippen molar-refractivity contribution in [3.8, 4) is 11.1 Å². The molecule has 1 amide bonds. The van der Waals surface area contributed by atoms with E-state index in [2.05, 4.69) is 72.3 Å². The molecule has 0 saturated heterocycles. The number of carbonyl (C=O) groups is 1. The highest BCUT2D eigenvalue weighted by atomic mass is 35.5. The van der Waals surface area contributed by atoms with Gasteiger partial charge in [0.1, 0.15) is 0 Å². The van der Waals surface area contributed by atoms with E-state index in [1.165, 1.54) is 27.9 Å². The van der Waals surface area contributed by atoms with E-state index in [1.54, 1.807) is 12.1 Å². The number of amides is 1. The minimum absolute atomic E-state index is 0.135. The topological polar surface area (TPSA) is 68.2 Å². The number of aromatic nitrogens is 1. The van der Waals surface area contributed by atoms with Crippen molar-refractivity contribution < 1.29 is 14.4 Å². The van der Waals surface area contributed by atoms with Crippen LogP contribution in [0.3, 0.4) is 0 Å². The van der Waals surface area contributed by atoms with Crippen LogP contribution in [0.15, 0.2) is 91.0 Å². The molecule has 4 aromatic carbocycles. The molecule has 0 saturated carbocycles. The fraction of sp³-hybridized carbons (Fsp3) is 0.125. The summed E-state index contributed by atoms with van der Waals surface area (Å²) in [5.41, 5.74) is 8.61. The zero-order chi connectivity index (χ0) is 27.9. The molecule has 0 fully saturated rings. The van der Waals surface area contributed by atoms with Crippen LogP contribution >= 0.6 is 23.2 Å². The fourth-order valence-corrected chi connectivity index (χ4v) is 5.03. The van der Waals surface area contributed by atoms with Crippen LogP contribution in [0.25, 0.3) is 22.0 Å². The maximum atomic E-state index is 12.9. The molecule has 0 aliphatic rings. The van der Waals surface area contributed by atoms with Gasteiger partial charge in [0, 0.05) is 45.3 Å². The van der Waals surface area contributed by atoms with Gasteiger partial charge in [0.2, 0.25) is 0 Å². The minimum Gasteiger partial charge on any atom is -0.348 e. The van der Waals surface area contributed by atoms with Crippen molar-refractivity contribution in [3.63, 3.8) is 0 Å². The lowest BCUT2D eigenvalue weighted by atomic mass is 10.0. The summed E-state index contributed by atoms with van der Waals surface area (Å²) in [5.74, 6) is -0.135. The lowest BCUT2D eigenvalue weighted by Gasteiger charge is -2.11. The van der Waals surface area contributed by atoms with Gasteiger partial charge < -0.3 is 9.88 Å². The van der Waals surface area contributed by atoms with Gasteiger partial charge in [-0.3, -0.25) is 4.79 Å². The monoisotopic (exact) mass is 556 g/mol. The van der Waals surface area contributed by atoms with Gasteiger partial charge in [-0.25, -0.2) is 0 Å². The Morgan fingerprint density at radius 2 is 1.51 bits per heavy atom. The van der Waals surface area contributed by atoms with Gasteiger partial charge in [0.05, 0.1) is 0 Å². The van der Waals surface area contributed by atoms with Crippen LogP contribution in [-0.4, -0.2) is 16.6 Å². The predicted octanol–water partition coefficient (Wildman–Crippen LogP) is 7.63. The van der Waals surface area contributed by atoms with Crippen LogP contribution in [0, 0.1) is 13.8 Å². The van der Waals surface area contributed by atoms with E-state index >= 15 is 0 Å². The molecular formula is C32H26Cl2N2O3. The molecule has 39 heavy (non-hydrogen) atoms. The van der Waals surface area contributed by atoms with Crippen LogP contribution in [-0.2, 0) is 22.7 Å². The van der Waals surface area contributed by atoms with E-state index in [0.717, 1.165) is 23.0 Å². The van der Waals surface area contributed by atoms with Crippen molar-refractivity contribution in [2.45, 2.75) is 26.9 Å². The molecular weight excluding hydrogens is 531 g/mol. The highest BCUT2D eigenvalue weighted by Crippen LogP contribution is 2.28. The number of carbonyl (C=O) groups excluding carboxylic acids is 3. The Kier molecular flexibility index (Phi) is 9.00. The summed E-state index contributed by atoms with van der Waals surface area (Å²) >= 11 is 12.2. The number of fused-ring (bicyclic) bond motifs is 1. The van der Waals surface area contributed by atoms with Crippen molar-refractivity contribution in [1.29, 1.82) is 0 Å². The normalized spacial score (nSPS) is 10.5. The van der Waals surface area contributed by atoms with Gasteiger partial charge in [-0.2, -0.15) is 9.59 Å². The van der Waals surface area contributed by atoms with Gasteiger partial charge in [-0.15, -0.1) is 0 Å². The molecule has 1 N–H and O–H groups in total. The van der Waals surface area contributed by atoms with Gasteiger partial charge >= 0.3 is 6.15 Å². The number of nitrogens with zero attached hydrogens (tertiary/aromatic N) is 1. The summed E-state index contributed by atoms with van der Waals surface area (Å²) in [4.78, 5) is 29.1. The molecule has 0 spiro atoms. The van der Waals surface area contributed by atoms with E-state index in [0.29, 0.717) is 22.2 Å². The summed E-state index contributed by atoms with van der Waals surface area (Å²) in [6, 6.07) is 30.3. The molecule has 5 rings (SSSR count). The Balaban J connectivity index is 0.00000112. The lowest BCUT2D eigenvalue weighted by molar-refractivity contribution is -0.191. The van der Waals surface area contributed by atoms with Crippen molar-refractivity contribution in [2.24, 2.45) is 0 Å². The molecule has 0 aliphatic carbocycles. The first-order valence-electron chi connectivity index (χ1n) is 12.3. The molecule has 0 unspecified atom stereocenters. The van der Waals surface area contributed by atoms with E-state index in [-0.39, 0.29) is 12.1 Å². The molecule has 0 atom stereocenters. The van der Waals surface area contributed by atoms with Gasteiger partial charge in [-0.05, 0) is 72.0 Å². The molecule has 0 aliphatic heterocycles. The summed E-state index contributed by atoms with van der Waals surface area (Å²) in [5, 5.41) is 5.17. The second-order valence-corrected chi connectivity index (χ2v) is 9.94. The standard InChI is InChI=1S/C31H26Cl2N2O.CO2/c1-20-21(2)35(19-22-8-10-24(11-9-22)23-6-4-3-5-7-23)30-15-13-25(16-28(20)30)31(36)34-18-26-12-14-27(32)17-29(26)33;2-1-3/h3-17H,18-19H2,1-2H3,(H,34,36);. The number of nitrogens with one attached hydrogen (secondary N) is 1. The number of hydrogen-bond donors (Lipinski definition) is 1. The fourth-order valence-electron chi connectivity index (χ4n) is 4.55. The first-order chi connectivity index (χ1) is 18.8. The van der Waals surface area contributed by atoms with Gasteiger partial charge in [0.25, 0.3) is 5.91 Å². The first kappa shape index (κ1) is 27.9. The van der Waals surface area contributed by atoms with E-state index in [9.17, 15) is 4.79 Å². The second-order valence-electron chi connectivity index (χ2n) is 9.09. The average Bonchev–Trinajstić information content (AvgIpc) is 3.18. The third kappa shape index (κ3) is 6.47. The quantitative estimate of drug-likeness (QED) is 0.234. The molecule has 5 aromatic rings. The van der Waals surface area contributed by atoms with Crippen molar-refractivity contribution >= 4 is 46.2 Å². The average molecular weight is 557 g/mol. The Morgan fingerprint density at radius 3 is 2.18 bits per heavy atom. The second kappa shape index (κ2) is 12.6. The van der Waals surface area contributed by atoms with Crippen LogP contribution in [0.1, 0.15) is 32.7 Å². The molecule has 0 radical (unpaired) electrons. The summed E-state index contributed by atoms with van der Waals surface area (Å²) in [6.07, 6.45) is 0.250. The zero-order valence-corrected chi connectivity index (χ0v) is 23.0. The maximum Gasteiger partial charge on any atom is 0.373 e. The lowest BCUT2D eigenvalue weighted by Crippen LogP contribution is -2.22. The van der Waals surface area contributed by atoms with Crippen molar-refractivity contribution in [3.05, 3.63) is 129 Å². The molecule has 1 heterocycles. The minimum atomic E-state index is -0.135. The van der Waals surface area contributed by atoms with E-state index < -0.39 is 0 Å². The number of hydrogen-bond acceptors (Lipinski definition) is 3. The highest BCUT2D eigenvalue weighted by molar-refractivity contribution is 6.35. The molecule has 7 heteroatoms. The number of aryl methyl sites for hydroxylation is 1.